The second kappa shape index (κ2) is 5.69. The molecule has 0 aliphatic carbocycles. The van der Waals surface area contributed by atoms with Crippen molar-refractivity contribution in [2.75, 3.05) is 11.9 Å². The molecule has 0 saturated carbocycles. The number of nitrogens with one attached hydrogen (secondary N) is 3. The summed E-state index contributed by atoms with van der Waals surface area (Å²) >= 11 is 0. The Morgan fingerprint density at radius 1 is 1.24 bits per heavy atom. The Balaban J connectivity index is 1.75. The van der Waals surface area contributed by atoms with Crippen LogP contribution in [0.5, 0.6) is 0 Å². The van der Waals surface area contributed by atoms with Crippen LogP contribution in [0.2, 0.25) is 0 Å². The van der Waals surface area contributed by atoms with E-state index in [1.165, 1.54) is 11.1 Å². The molecule has 110 valence electrons. The van der Waals surface area contributed by atoms with E-state index in [4.69, 9.17) is 0 Å². The molecule has 1 saturated heterocycles. The maximum atomic E-state index is 12.0. The normalized spacial score (nSPS) is 17.9. The highest BCUT2D eigenvalue weighted by Crippen LogP contribution is 2.22. The van der Waals surface area contributed by atoms with Crippen molar-refractivity contribution in [2.24, 2.45) is 0 Å². The molecule has 5 heteroatoms. The molecule has 1 aromatic carbocycles. The minimum Gasteiger partial charge on any atom is -0.308 e. The van der Waals surface area contributed by atoms with Crippen LogP contribution in [-0.2, 0) is 4.79 Å². The number of carbonyl (C=O) groups is 1. The first kappa shape index (κ1) is 13.8. The summed E-state index contributed by atoms with van der Waals surface area (Å²) in [6, 6.07) is 8.12. The second-order valence-electron chi connectivity index (χ2n) is 5.68. The summed E-state index contributed by atoms with van der Waals surface area (Å²) in [6.07, 6.45) is 1.94. The summed E-state index contributed by atoms with van der Waals surface area (Å²) in [5, 5.41) is 13.2. The van der Waals surface area contributed by atoms with Gasteiger partial charge in [-0.3, -0.25) is 9.89 Å². The molecule has 21 heavy (non-hydrogen) atoms. The van der Waals surface area contributed by atoms with Crippen molar-refractivity contribution in [3.63, 3.8) is 0 Å². The predicted molar refractivity (Wildman–Crippen MR) is 83.2 cm³/mol. The SMILES string of the molecule is Cc1cc(C)cc(-c2cc(NC(=O)C3CCCN3)n[nH]2)c1. The molecule has 0 spiro atoms. The molecule has 1 aliphatic rings. The number of rotatable bonds is 3. The largest absolute Gasteiger partial charge is 0.308 e. The maximum Gasteiger partial charge on any atom is 0.242 e. The van der Waals surface area contributed by atoms with Crippen LogP contribution in [0.25, 0.3) is 11.3 Å². The minimum atomic E-state index is -0.0913. The second-order valence-corrected chi connectivity index (χ2v) is 5.68. The van der Waals surface area contributed by atoms with Crippen LogP contribution in [0.1, 0.15) is 24.0 Å². The van der Waals surface area contributed by atoms with Gasteiger partial charge in [-0.2, -0.15) is 5.10 Å². The third-order valence-corrected chi connectivity index (χ3v) is 3.74. The fourth-order valence-electron chi connectivity index (χ4n) is 2.79. The number of amides is 1. The van der Waals surface area contributed by atoms with E-state index in [9.17, 15) is 4.79 Å². The van der Waals surface area contributed by atoms with Crippen molar-refractivity contribution in [3.8, 4) is 11.3 Å². The molecular formula is C16H20N4O. The number of nitrogens with zero attached hydrogens (tertiary/aromatic N) is 1. The number of carbonyl (C=O) groups excluding carboxylic acids is 1. The van der Waals surface area contributed by atoms with Gasteiger partial charge in [-0.05, 0) is 45.4 Å². The molecule has 0 radical (unpaired) electrons. The van der Waals surface area contributed by atoms with Gasteiger partial charge in [-0.25, -0.2) is 0 Å². The molecule has 1 aliphatic heterocycles. The van der Waals surface area contributed by atoms with Gasteiger partial charge in [0.05, 0.1) is 11.7 Å². The Morgan fingerprint density at radius 2 is 2.00 bits per heavy atom. The number of hydrogen-bond donors (Lipinski definition) is 3. The van der Waals surface area contributed by atoms with E-state index in [1.54, 1.807) is 0 Å². The standard InChI is InChI=1S/C16H20N4O/c1-10-6-11(2)8-12(7-10)14-9-15(20-19-14)18-16(21)13-4-3-5-17-13/h6-9,13,17H,3-5H2,1-2H3,(H2,18,19,20,21). The van der Waals surface area contributed by atoms with E-state index in [2.05, 4.69) is 52.9 Å². The Morgan fingerprint density at radius 3 is 2.67 bits per heavy atom. The van der Waals surface area contributed by atoms with E-state index in [-0.39, 0.29) is 11.9 Å². The zero-order valence-electron chi connectivity index (χ0n) is 12.4. The van der Waals surface area contributed by atoms with Crippen LogP contribution in [-0.4, -0.2) is 28.7 Å². The van der Waals surface area contributed by atoms with Crippen LogP contribution in [0.4, 0.5) is 5.82 Å². The number of H-pyrrole nitrogens is 1. The molecule has 2 aromatic rings. The van der Waals surface area contributed by atoms with Crippen molar-refractivity contribution >= 4 is 11.7 Å². The first-order valence-corrected chi connectivity index (χ1v) is 7.30. The van der Waals surface area contributed by atoms with Crippen LogP contribution in [0.15, 0.2) is 24.3 Å². The van der Waals surface area contributed by atoms with Gasteiger partial charge in [0.15, 0.2) is 5.82 Å². The van der Waals surface area contributed by atoms with Crippen LogP contribution in [0, 0.1) is 13.8 Å². The molecule has 0 bridgehead atoms. The van der Waals surface area contributed by atoms with Gasteiger partial charge in [0, 0.05) is 11.6 Å². The molecule has 1 amide bonds. The monoisotopic (exact) mass is 284 g/mol. The number of aryl methyl sites for hydroxylation is 2. The van der Waals surface area contributed by atoms with Crippen molar-refractivity contribution in [1.82, 2.24) is 15.5 Å². The molecule has 1 fully saturated rings. The van der Waals surface area contributed by atoms with Crippen LogP contribution in [0.3, 0.4) is 0 Å². The van der Waals surface area contributed by atoms with Gasteiger partial charge < -0.3 is 10.6 Å². The topological polar surface area (TPSA) is 69.8 Å². The highest BCUT2D eigenvalue weighted by atomic mass is 16.2. The lowest BCUT2D eigenvalue weighted by atomic mass is 10.1. The van der Waals surface area contributed by atoms with Crippen molar-refractivity contribution < 1.29 is 4.79 Å². The van der Waals surface area contributed by atoms with Gasteiger partial charge in [-0.15, -0.1) is 0 Å². The molecule has 1 unspecified atom stereocenters. The number of aromatic nitrogens is 2. The zero-order chi connectivity index (χ0) is 14.8. The van der Waals surface area contributed by atoms with Gasteiger partial charge in [0.25, 0.3) is 0 Å². The average molecular weight is 284 g/mol. The molecular weight excluding hydrogens is 264 g/mol. The van der Waals surface area contributed by atoms with E-state index in [0.29, 0.717) is 5.82 Å². The molecule has 3 rings (SSSR count). The fourth-order valence-corrected chi connectivity index (χ4v) is 2.79. The number of hydrogen-bond acceptors (Lipinski definition) is 3. The molecule has 1 atom stereocenters. The third-order valence-electron chi connectivity index (χ3n) is 3.74. The summed E-state index contributed by atoms with van der Waals surface area (Å²) in [6.45, 7) is 5.05. The first-order valence-electron chi connectivity index (χ1n) is 7.30. The van der Waals surface area contributed by atoms with E-state index >= 15 is 0 Å². The lowest BCUT2D eigenvalue weighted by molar-refractivity contribution is -0.117. The van der Waals surface area contributed by atoms with Gasteiger partial charge in [0.2, 0.25) is 5.91 Å². The van der Waals surface area contributed by atoms with Crippen LogP contribution >= 0.6 is 0 Å². The fraction of sp³-hybridized carbons (Fsp3) is 0.375. The Hall–Kier alpha value is -2.14. The van der Waals surface area contributed by atoms with Crippen LogP contribution < -0.4 is 10.6 Å². The number of aromatic amines is 1. The Kier molecular flexibility index (Phi) is 3.75. The first-order chi connectivity index (χ1) is 10.1. The summed E-state index contributed by atoms with van der Waals surface area (Å²) < 4.78 is 0. The zero-order valence-corrected chi connectivity index (χ0v) is 12.4. The number of benzene rings is 1. The lowest BCUT2D eigenvalue weighted by Crippen LogP contribution is -2.35. The summed E-state index contributed by atoms with van der Waals surface area (Å²) in [5.41, 5.74) is 4.41. The predicted octanol–water partition coefficient (Wildman–Crippen LogP) is 2.38. The Bertz CT molecular complexity index is 636. The molecule has 2 heterocycles. The van der Waals surface area contributed by atoms with Crippen molar-refractivity contribution in [2.45, 2.75) is 32.7 Å². The molecule has 1 aromatic heterocycles. The van der Waals surface area contributed by atoms with Crippen molar-refractivity contribution in [1.29, 1.82) is 0 Å². The van der Waals surface area contributed by atoms with E-state index in [1.807, 2.05) is 6.07 Å². The summed E-state index contributed by atoms with van der Waals surface area (Å²) in [5.74, 6) is 0.564. The van der Waals surface area contributed by atoms with Crippen molar-refractivity contribution in [3.05, 3.63) is 35.4 Å². The third kappa shape index (κ3) is 3.13. The quantitative estimate of drug-likeness (QED) is 0.810. The van der Waals surface area contributed by atoms with Gasteiger partial charge in [0.1, 0.15) is 0 Å². The number of anilines is 1. The van der Waals surface area contributed by atoms with E-state index < -0.39 is 0 Å². The highest BCUT2D eigenvalue weighted by molar-refractivity contribution is 5.94. The molecule has 3 N–H and O–H groups in total. The average Bonchev–Trinajstić information content (AvgIpc) is 3.08. The maximum absolute atomic E-state index is 12.0. The summed E-state index contributed by atoms with van der Waals surface area (Å²) in [4.78, 5) is 12.0. The highest BCUT2D eigenvalue weighted by Gasteiger charge is 2.22. The Labute approximate surface area is 124 Å². The van der Waals surface area contributed by atoms with E-state index in [0.717, 1.165) is 30.6 Å². The van der Waals surface area contributed by atoms with Gasteiger partial charge in [-0.1, -0.05) is 17.2 Å². The van der Waals surface area contributed by atoms with Gasteiger partial charge >= 0.3 is 0 Å². The molecule has 5 nitrogen and oxygen atoms in total. The minimum absolute atomic E-state index is 0.00836. The summed E-state index contributed by atoms with van der Waals surface area (Å²) in [7, 11) is 0. The smallest absolute Gasteiger partial charge is 0.242 e. The lowest BCUT2D eigenvalue weighted by Gasteiger charge is -2.08.